The second-order valence-corrected chi connectivity index (χ2v) is 5.00. The van der Waals surface area contributed by atoms with Gasteiger partial charge in [0, 0.05) is 0 Å². The smallest absolute Gasteiger partial charge is 0.309 e. The summed E-state index contributed by atoms with van der Waals surface area (Å²) in [6, 6.07) is 6.37. The second kappa shape index (κ2) is 5.85. The highest BCUT2D eigenvalue weighted by molar-refractivity contribution is 5.73. The van der Waals surface area contributed by atoms with E-state index in [1.54, 1.807) is 0 Å². The minimum atomic E-state index is -0.113. The van der Waals surface area contributed by atoms with Crippen LogP contribution in [0, 0.1) is 25.7 Å². The van der Waals surface area contributed by atoms with Crippen molar-refractivity contribution in [2.45, 2.75) is 34.1 Å². The first-order valence-electron chi connectivity index (χ1n) is 6.09. The Morgan fingerprint density at radius 2 is 1.88 bits per heavy atom. The molecule has 0 amide bonds. The van der Waals surface area contributed by atoms with Crippen LogP contribution in [0.2, 0.25) is 0 Å². The molecule has 0 saturated carbocycles. The summed E-state index contributed by atoms with van der Waals surface area (Å²) in [5, 5.41) is 0. The van der Waals surface area contributed by atoms with Gasteiger partial charge in [0.1, 0.15) is 0 Å². The summed E-state index contributed by atoms with van der Waals surface area (Å²) in [7, 11) is 1.46. The largest absolute Gasteiger partial charge is 0.469 e. The van der Waals surface area contributed by atoms with E-state index in [1.807, 2.05) is 0 Å². The minimum absolute atomic E-state index is 0.0536. The van der Waals surface area contributed by atoms with Gasteiger partial charge in [0.15, 0.2) is 0 Å². The highest BCUT2D eigenvalue weighted by Crippen LogP contribution is 2.20. The van der Waals surface area contributed by atoms with E-state index in [9.17, 15) is 4.79 Å². The SMILES string of the molecule is COC(=O)C(Cc1ccc(C)c(C)c1)C(C)C. The quantitative estimate of drug-likeness (QED) is 0.747. The van der Waals surface area contributed by atoms with Gasteiger partial charge >= 0.3 is 5.97 Å². The van der Waals surface area contributed by atoms with Crippen LogP contribution in [0.4, 0.5) is 0 Å². The lowest BCUT2D eigenvalue weighted by atomic mass is 9.88. The van der Waals surface area contributed by atoms with E-state index in [0.717, 1.165) is 6.42 Å². The summed E-state index contributed by atoms with van der Waals surface area (Å²) in [5.74, 6) is 0.129. The van der Waals surface area contributed by atoms with E-state index < -0.39 is 0 Å². The summed E-state index contributed by atoms with van der Waals surface area (Å²) in [6.45, 7) is 8.31. The summed E-state index contributed by atoms with van der Waals surface area (Å²) in [6.07, 6.45) is 0.755. The van der Waals surface area contributed by atoms with Gasteiger partial charge in [-0.05, 0) is 42.9 Å². The molecular formula is C15H22O2. The van der Waals surface area contributed by atoms with Crippen LogP contribution >= 0.6 is 0 Å². The summed E-state index contributed by atoms with van der Waals surface area (Å²) in [4.78, 5) is 11.7. The first kappa shape index (κ1) is 13.8. The minimum Gasteiger partial charge on any atom is -0.469 e. The van der Waals surface area contributed by atoms with Crippen LogP contribution in [0.3, 0.4) is 0 Å². The molecule has 0 aliphatic heterocycles. The third-order valence-corrected chi connectivity index (χ3v) is 3.34. The van der Waals surface area contributed by atoms with Gasteiger partial charge < -0.3 is 4.74 Å². The van der Waals surface area contributed by atoms with Crippen molar-refractivity contribution in [3.8, 4) is 0 Å². The van der Waals surface area contributed by atoms with Crippen molar-refractivity contribution in [3.63, 3.8) is 0 Å². The monoisotopic (exact) mass is 234 g/mol. The average molecular weight is 234 g/mol. The number of carbonyl (C=O) groups excluding carboxylic acids is 1. The number of hydrogen-bond acceptors (Lipinski definition) is 2. The highest BCUT2D eigenvalue weighted by Gasteiger charge is 2.23. The first-order valence-corrected chi connectivity index (χ1v) is 6.09. The number of ether oxygens (including phenoxy) is 1. The Morgan fingerprint density at radius 3 is 2.35 bits per heavy atom. The molecule has 0 aromatic heterocycles. The van der Waals surface area contributed by atoms with Crippen molar-refractivity contribution >= 4 is 5.97 Å². The molecule has 1 aromatic rings. The molecule has 0 saturated heterocycles. The zero-order valence-electron chi connectivity index (χ0n) is 11.4. The molecule has 1 rings (SSSR count). The van der Waals surface area contributed by atoms with Gasteiger partial charge in [0.05, 0.1) is 13.0 Å². The topological polar surface area (TPSA) is 26.3 Å². The van der Waals surface area contributed by atoms with Crippen LogP contribution in [0.5, 0.6) is 0 Å². The normalized spacial score (nSPS) is 12.6. The molecule has 0 bridgehead atoms. The number of rotatable bonds is 4. The predicted molar refractivity (Wildman–Crippen MR) is 70.0 cm³/mol. The molecule has 0 aliphatic rings. The van der Waals surface area contributed by atoms with E-state index in [2.05, 4.69) is 45.9 Å². The zero-order valence-corrected chi connectivity index (χ0v) is 11.4. The Balaban J connectivity index is 2.86. The molecule has 0 aliphatic carbocycles. The summed E-state index contributed by atoms with van der Waals surface area (Å²) < 4.78 is 4.86. The molecule has 2 nitrogen and oxygen atoms in total. The van der Waals surface area contributed by atoms with Crippen molar-refractivity contribution in [1.29, 1.82) is 0 Å². The molecule has 0 heterocycles. The van der Waals surface area contributed by atoms with E-state index in [-0.39, 0.29) is 11.9 Å². The number of methoxy groups -OCH3 is 1. The van der Waals surface area contributed by atoms with Crippen molar-refractivity contribution in [1.82, 2.24) is 0 Å². The molecule has 0 radical (unpaired) electrons. The van der Waals surface area contributed by atoms with Gasteiger partial charge in [-0.1, -0.05) is 32.0 Å². The van der Waals surface area contributed by atoms with Gasteiger partial charge in [-0.15, -0.1) is 0 Å². The third-order valence-electron chi connectivity index (χ3n) is 3.34. The van der Waals surface area contributed by atoms with Crippen LogP contribution < -0.4 is 0 Å². The fourth-order valence-electron chi connectivity index (χ4n) is 1.93. The van der Waals surface area contributed by atoms with Crippen molar-refractivity contribution in [2.24, 2.45) is 11.8 Å². The number of aryl methyl sites for hydroxylation is 2. The maximum Gasteiger partial charge on any atom is 0.309 e. The van der Waals surface area contributed by atoms with Gasteiger partial charge in [-0.2, -0.15) is 0 Å². The number of esters is 1. The average Bonchev–Trinajstić information content (AvgIpc) is 2.29. The molecular weight excluding hydrogens is 212 g/mol. The Hall–Kier alpha value is -1.31. The van der Waals surface area contributed by atoms with Crippen molar-refractivity contribution in [3.05, 3.63) is 34.9 Å². The van der Waals surface area contributed by atoms with E-state index in [1.165, 1.54) is 23.8 Å². The summed E-state index contributed by atoms with van der Waals surface area (Å²) >= 11 is 0. The molecule has 1 aromatic carbocycles. The maximum absolute atomic E-state index is 11.7. The molecule has 1 atom stereocenters. The van der Waals surface area contributed by atoms with Gasteiger partial charge in [-0.3, -0.25) is 4.79 Å². The van der Waals surface area contributed by atoms with Gasteiger partial charge in [-0.25, -0.2) is 0 Å². The lowest BCUT2D eigenvalue weighted by Crippen LogP contribution is -2.24. The van der Waals surface area contributed by atoms with Crippen LogP contribution in [0.1, 0.15) is 30.5 Å². The van der Waals surface area contributed by atoms with E-state index >= 15 is 0 Å². The molecule has 0 fully saturated rings. The molecule has 0 spiro atoms. The Bertz CT molecular complexity index is 394. The van der Waals surface area contributed by atoms with Crippen molar-refractivity contribution < 1.29 is 9.53 Å². The van der Waals surface area contributed by atoms with Crippen LogP contribution in [-0.4, -0.2) is 13.1 Å². The van der Waals surface area contributed by atoms with Crippen LogP contribution in [-0.2, 0) is 16.0 Å². The highest BCUT2D eigenvalue weighted by atomic mass is 16.5. The standard InChI is InChI=1S/C15H22O2/c1-10(2)14(15(16)17-5)9-13-7-6-11(3)12(4)8-13/h6-8,10,14H,9H2,1-5H3. The number of hydrogen-bond donors (Lipinski definition) is 0. The Labute approximate surface area is 104 Å². The van der Waals surface area contributed by atoms with Crippen LogP contribution in [0.15, 0.2) is 18.2 Å². The van der Waals surface area contributed by atoms with Gasteiger partial charge in [0.2, 0.25) is 0 Å². The first-order chi connectivity index (χ1) is 7.95. The van der Waals surface area contributed by atoms with Gasteiger partial charge in [0.25, 0.3) is 0 Å². The van der Waals surface area contributed by atoms with E-state index in [4.69, 9.17) is 4.74 Å². The zero-order chi connectivity index (χ0) is 13.0. The predicted octanol–water partition coefficient (Wildman–Crippen LogP) is 3.29. The second-order valence-electron chi connectivity index (χ2n) is 5.00. The number of benzene rings is 1. The molecule has 0 N–H and O–H groups in total. The molecule has 17 heavy (non-hydrogen) atoms. The Morgan fingerprint density at radius 1 is 1.24 bits per heavy atom. The number of carbonyl (C=O) groups is 1. The molecule has 1 unspecified atom stereocenters. The van der Waals surface area contributed by atoms with E-state index in [0.29, 0.717) is 5.92 Å². The Kier molecular flexibility index (Phi) is 4.73. The lowest BCUT2D eigenvalue weighted by molar-refractivity contribution is -0.146. The lowest BCUT2D eigenvalue weighted by Gasteiger charge is -2.18. The summed E-state index contributed by atoms with van der Waals surface area (Å²) in [5.41, 5.74) is 3.76. The van der Waals surface area contributed by atoms with Crippen molar-refractivity contribution in [2.75, 3.05) is 7.11 Å². The maximum atomic E-state index is 11.7. The fourth-order valence-corrected chi connectivity index (χ4v) is 1.93. The van der Waals surface area contributed by atoms with Crippen LogP contribution in [0.25, 0.3) is 0 Å². The molecule has 94 valence electrons. The fraction of sp³-hybridized carbons (Fsp3) is 0.533. The molecule has 2 heteroatoms. The third kappa shape index (κ3) is 3.58.